The number of aliphatic hydroxyl groups is 1. The molecule has 0 saturated heterocycles. The number of anilines is 4. The van der Waals surface area contributed by atoms with Gasteiger partial charge in [-0.05, 0) is 55.7 Å². The van der Waals surface area contributed by atoms with Gasteiger partial charge in [-0.2, -0.15) is 10.2 Å². The number of nitrogens with zero attached hydrogens (tertiary/aromatic N) is 6. The molecule has 0 saturated carbocycles. The molecular formula is C23H27N9O2S. The number of para-hydroxylation sites is 1. The van der Waals surface area contributed by atoms with Crippen LogP contribution in [0.15, 0.2) is 66.0 Å². The highest BCUT2D eigenvalue weighted by molar-refractivity contribution is 7.98. The van der Waals surface area contributed by atoms with Crippen molar-refractivity contribution in [3.63, 3.8) is 0 Å². The molecule has 0 aliphatic heterocycles. The van der Waals surface area contributed by atoms with Gasteiger partial charge in [0.15, 0.2) is 0 Å². The van der Waals surface area contributed by atoms with Gasteiger partial charge in [-0.25, -0.2) is 4.98 Å². The second-order valence-corrected chi connectivity index (χ2v) is 8.86. The van der Waals surface area contributed by atoms with Crippen LogP contribution >= 0.6 is 11.8 Å². The molecule has 0 spiro atoms. The number of aromatic amines is 1. The molecule has 2 aromatic carbocycles. The van der Waals surface area contributed by atoms with Gasteiger partial charge in [0.1, 0.15) is 24.3 Å². The number of thioether (sulfide) groups is 1. The van der Waals surface area contributed by atoms with Crippen LogP contribution in [0.2, 0.25) is 0 Å². The van der Waals surface area contributed by atoms with Gasteiger partial charge in [0.2, 0.25) is 11.1 Å². The summed E-state index contributed by atoms with van der Waals surface area (Å²) in [6.45, 7) is 0.770. The molecule has 0 aliphatic carbocycles. The quantitative estimate of drug-likeness (QED) is 0.217. The zero-order valence-electron chi connectivity index (χ0n) is 19.4. The fourth-order valence-corrected chi connectivity index (χ4v) is 3.83. The van der Waals surface area contributed by atoms with E-state index < -0.39 is 6.10 Å². The van der Waals surface area contributed by atoms with Gasteiger partial charge >= 0.3 is 0 Å². The van der Waals surface area contributed by atoms with Crippen LogP contribution in [0.1, 0.15) is 5.56 Å². The minimum atomic E-state index is -0.552. The topological polar surface area (TPSA) is 137 Å². The van der Waals surface area contributed by atoms with E-state index >= 15 is 0 Å². The van der Waals surface area contributed by atoms with E-state index in [1.54, 1.807) is 6.20 Å². The van der Waals surface area contributed by atoms with Crippen molar-refractivity contribution < 1.29 is 9.84 Å². The largest absolute Gasteiger partial charge is 0.491 e. The van der Waals surface area contributed by atoms with Gasteiger partial charge in [-0.3, -0.25) is 0 Å². The Balaban J connectivity index is 1.43. The maximum atomic E-state index is 9.96. The average Bonchev–Trinajstić information content (AvgIpc) is 3.37. The Labute approximate surface area is 207 Å². The van der Waals surface area contributed by atoms with E-state index in [2.05, 4.69) is 36.2 Å². The van der Waals surface area contributed by atoms with E-state index in [0.29, 0.717) is 35.0 Å². The van der Waals surface area contributed by atoms with Gasteiger partial charge < -0.3 is 25.4 Å². The third-order valence-corrected chi connectivity index (χ3v) is 5.60. The number of rotatable bonds is 12. The first-order chi connectivity index (χ1) is 17.0. The Hall–Kier alpha value is -3.74. The molecular weight excluding hydrogens is 466 g/mol. The lowest BCUT2D eigenvalue weighted by Gasteiger charge is -2.16. The van der Waals surface area contributed by atoms with E-state index in [1.807, 2.05) is 73.6 Å². The average molecular weight is 494 g/mol. The molecule has 2 heterocycles. The van der Waals surface area contributed by atoms with Crippen molar-refractivity contribution in [2.24, 2.45) is 0 Å². The van der Waals surface area contributed by atoms with Crippen molar-refractivity contribution in [2.75, 3.05) is 37.9 Å². The summed E-state index contributed by atoms with van der Waals surface area (Å²) in [4.78, 5) is 11.1. The zero-order chi connectivity index (χ0) is 24.5. The summed E-state index contributed by atoms with van der Waals surface area (Å²) in [5.74, 6) is 2.38. The Bertz CT molecular complexity index is 1180. The number of hydrogen-bond acceptors (Lipinski definition) is 11. The van der Waals surface area contributed by atoms with Crippen LogP contribution < -0.4 is 15.4 Å². The molecule has 0 fully saturated rings. The molecule has 0 aliphatic rings. The molecule has 0 radical (unpaired) electrons. The Morgan fingerprint density at radius 1 is 1.06 bits per heavy atom. The monoisotopic (exact) mass is 493 g/mol. The second kappa shape index (κ2) is 12.1. The van der Waals surface area contributed by atoms with Gasteiger partial charge in [0, 0.05) is 35.4 Å². The first-order valence-corrected chi connectivity index (χ1v) is 11.9. The summed E-state index contributed by atoms with van der Waals surface area (Å²) < 4.78 is 5.67. The molecule has 1 unspecified atom stereocenters. The SMILES string of the molecule is CN(C)CC(O)COc1ccc(Nc2ncc(CSc3nn[nH]n3)c(Nc3ccccc3)n2)cc1. The summed E-state index contributed by atoms with van der Waals surface area (Å²) in [5, 5.41) is 31.1. The Kier molecular flexibility index (Phi) is 8.44. The van der Waals surface area contributed by atoms with Crippen LogP contribution in [-0.2, 0) is 5.75 Å². The molecule has 182 valence electrons. The molecule has 0 bridgehead atoms. The minimum absolute atomic E-state index is 0.228. The molecule has 0 amide bonds. The first kappa shape index (κ1) is 24.4. The molecule has 4 rings (SSSR count). The van der Waals surface area contributed by atoms with Crippen LogP contribution in [0.4, 0.5) is 23.1 Å². The number of H-pyrrole nitrogens is 1. The van der Waals surface area contributed by atoms with Crippen molar-refractivity contribution in [1.82, 2.24) is 35.5 Å². The van der Waals surface area contributed by atoms with Crippen molar-refractivity contribution in [3.05, 3.63) is 66.4 Å². The van der Waals surface area contributed by atoms with Crippen LogP contribution in [0, 0.1) is 0 Å². The smallest absolute Gasteiger partial charge is 0.231 e. The van der Waals surface area contributed by atoms with Crippen LogP contribution in [0.3, 0.4) is 0 Å². The standard InChI is InChI=1S/C23H27N9O2S/c1-32(2)13-19(33)14-34-20-10-8-18(9-11-20)26-22-24-12-16(15-35-23-28-30-31-29-23)21(27-22)25-17-6-4-3-5-7-17/h3-12,19,33H,13-15H2,1-2H3,(H2,24,25,26,27)(H,28,29,30,31). The fourth-order valence-electron chi connectivity index (χ4n) is 3.13. The number of aromatic nitrogens is 6. The summed E-state index contributed by atoms with van der Waals surface area (Å²) in [6, 6.07) is 17.2. The number of ether oxygens (including phenoxy) is 1. The summed E-state index contributed by atoms with van der Waals surface area (Å²) in [5.41, 5.74) is 2.63. The molecule has 35 heavy (non-hydrogen) atoms. The van der Waals surface area contributed by atoms with Crippen LogP contribution in [-0.4, -0.2) is 73.9 Å². The normalized spacial score (nSPS) is 11.9. The summed E-state index contributed by atoms with van der Waals surface area (Å²) in [6.07, 6.45) is 1.22. The van der Waals surface area contributed by atoms with Gasteiger partial charge in [-0.1, -0.05) is 30.0 Å². The predicted molar refractivity (Wildman–Crippen MR) is 135 cm³/mol. The third kappa shape index (κ3) is 7.64. The lowest BCUT2D eigenvalue weighted by molar-refractivity contribution is 0.0831. The molecule has 4 N–H and O–H groups in total. The molecule has 4 aromatic rings. The fraction of sp³-hybridized carbons (Fsp3) is 0.261. The summed E-state index contributed by atoms with van der Waals surface area (Å²) in [7, 11) is 3.82. The minimum Gasteiger partial charge on any atom is -0.491 e. The van der Waals surface area contributed by atoms with E-state index in [1.165, 1.54) is 11.8 Å². The molecule has 1 atom stereocenters. The Morgan fingerprint density at radius 3 is 2.54 bits per heavy atom. The number of benzene rings is 2. The van der Waals surface area contributed by atoms with E-state index in [-0.39, 0.29) is 6.61 Å². The number of likely N-dealkylation sites (N-methyl/N-ethyl adjacent to an activating group) is 1. The van der Waals surface area contributed by atoms with Crippen molar-refractivity contribution in [2.45, 2.75) is 17.0 Å². The number of nitrogens with one attached hydrogen (secondary N) is 3. The van der Waals surface area contributed by atoms with Crippen LogP contribution in [0.5, 0.6) is 5.75 Å². The van der Waals surface area contributed by atoms with Gasteiger partial charge in [0.25, 0.3) is 0 Å². The highest BCUT2D eigenvalue weighted by atomic mass is 32.2. The Morgan fingerprint density at radius 2 is 1.83 bits per heavy atom. The maximum Gasteiger partial charge on any atom is 0.231 e. The van der Waals surface area contributed by atoms with Crippen molar-refractivity contribution in [3.8, 4) is 5.75 Å². The number of hydrogen-bond donors (Lipinski definition) is 4. The lowest BCUT2D eigenvalue weighted by atomic mass is 10.3. The predicted octanol–water partition coefficient (Wildman–Crippen LogP) is 3.07. The van der Waals surface area contributed by atoms with Crippen molar-refractivity contribution in [1.29, 1.82) is 0 Å². The van der Waals surface area contributed by atoms with E-state index in [9.17, 15) is 5.11 Å². The van der Waals surface area contributed by atoms with E-state index in [4.69, 9.17) is 9.72 Å². The van der Waals surface area contributed by atoms with Gasteiger partial charge in [-0.15, -0.1) is 10.2 Å². The third-order valence-electron chi connectivity index (χ3n) is 4.71. The van der Waals surface area contributed by atoms with Crippen molar-refractivity contribution >= 4 is 34.9 Å². The summed E-state index contributed by atoms with van der Waals surface area (Å²) >= 11 is 1.44. The molecule has 11 nitrogen and oxygen atoms in total. The zero-order valence-corrected chi connectivity index (χ0v) is 20.2. The highest BCUT2D eigenvalue weighted by Gasteiger charge is 2.11. The maximum absolute atomic E-state index is 9.96. The lowest BCUT2D eigenvalue weighted by Crippen LogP contribution is -2.30. The molecule has 2 aromatic heterocycles. The van der Waals surface area contributed by atoms with Crippen LogP contribution in [0.25, 0.3) is 0 Å². The molecule has 12 heteroatoms. The van der Waals surface area contributed by atoms with E-state index in [0.717, 1.165) is 16.9 Å². The van der Waals surface area contributed by atoms with Gasteiger partial charge in [0.05, 0.1) is 0 Å². The number of aliphatic hydroxyl groups excluding tert-OH is 1. The first-order valence-electron chi connectivity index (χ1n) is 10.9. The highest BCUT2D eigenvalue weighted by Crippen LogP contribution is 2.27. The number of tetrazole rings is 1. The second-order valence-electron chi connectivity index (χ2n) is 7.92.